The lowest BCUT2D eigenvalue weighted by Crippen LogP contribution is -2.40. The maximum Gasteiger partial charge on any atom is 0.259 e. The van der Waals surface area contributed by atoms with E-state index in [0.717, 1.165) is 5.69 Å². The van der Waals surface area contributed by atoms with Crippen molar-refractivity contribution < 1.29 is 19.1 Å². The van der Waals surface area contributed by atoms with Gasteiger partial charge in [-0.2, -0.15) is 0 Å². The average molecular weight is 342 g/mol. The summed E-state index contributed by atoms with van der Waals surface area (Å²) in [5, 5.41) is 2.64. The van der Waals surface area contributed by atoms with Gasteiger partial charge in [0.25, 0.3) is 5.91 Å². The van der Waals surface area contributed by atoms with Crippen LogP contribution in [-0.4, -0.2) is 39.1 Å². The summed E-state index contributed by atoms with van der Waals surface area (Å²) in [5.74, 6) is 0.155. The molecule has 0 aliphatic rings. The fraction of sp³-hybridized carbons (Fsp3) is 0.263. The second-order valence-corrected chi connectivity index (χ2v) is 5.19. The van der Waals surface area contributed by atoms with Crippen molar-refractivity contribution in [2.24, 2.45) is 0 Å². The van der Waals surface area contributed by atoms with Gasteiger partial charge >= 0.3 is 0 Å². The number of likely N-dealkylation sites (N-methyl/N-ethyl adjacent to an activating group) is 1. The first-order chi connectivity index (χ1) is 12.1. The van der Waals surface area contributed by atoms with E-state index < -0.39 is 5.91 Å². The lowest BCUT2D eigenvalue weighted by atomic mass is 10.1. The molecule has 25 heavy (non-hydrogen) atoms. The second-order valence-electron chi connectivity index (χ2n) is 5.19. The van der Waals surface area contributed by atoms with E-state index >= 15 is 0 Å². The third-order valence-electron chi connectivity index (χ3n) is 3.74. The molecule has 0 saturated heterocycles. The normalized spacial score (nSPS) is 10.0. The summed E-state index contributed by atoms with van der Waals surface area (Å²) in [7, 11) is 2.95. The Balaban J connectivity index is 2.11. The van der Waals surface area contributed by atoms with Crippen molar-refractivity contribution in [1.82, 2.24) is 5.32 Å². The molecular formula is C19H22N2O4. The van der Waals surface area contributed by atoms with Crippen molar-refractivity contribution in [2.75, 3.05) is 32.2 Å². The molecule has 0 spiro atoms. The average Bonchev–Trinajstić information content (AvgIpc) is 2.66. The molecule has 0 unspecified atom stereocenters. The standard InChI is InChI=1S/C19H22N2O4/c1-4-21(14-9-6-5-7-10-14)17(22)13-20-19(23)18-15(24-2)11-8-12-16(18)25-3/h5-12H,4,13H2,1-3H3,(H,20,23). The highest BCUT2D eigenvalue weighted by atomic mass is 16.5. The highest BCUT2D eigenvalue weighted by Gasteiger charge is 2.20. The van der Waals surface area contributed by atoms with Gasteiger partial charge in [0.2, 0.25) is 5.91 Å². The number of hydrogen-bond donors (Lipinski definition) is 1. The van der Waals surface area contributed by atoms with Gasteiger partial charge in [0.05, 0.1) is 20.8 Å². The number of rotatable bonds is 7. The number of carbonyl (C=O) groups is 2. The molecule has 0 aromatic heterocycles. The zero-order chi connectivity index (χ0) is 18.2. The summed E-state index contributed by atoms with van der Waals surface area (Å²) in [6, 6.07) is 14.4. The largest absolute Gasteiger partial charge is 0.496 e. The molecule has 2 aromatic carbocycles. The summed E-state index contributed by atoms with van der Waals surface area (Å²) in [6.45, 7) is 2.27. The smallest absolute Gasteiger partial charge is 0.259 e. The van der Waals surface area contributed by atoms with E-state index in [4.69, 9.17) is 9.47 Å². The third-order valence-corrected chi connectivity index (χ3v) is 3.74. The number of methoxy groups -OCH3 is 2. The lowest BCUT2D eigenvalue weighted by Gasteiger charge is -2.21. The van der Waals surface area contributed by atoms with E-state index in [1.165, 1.54) is 14.2 Å². The topological polar surface area (TPSA) is 67.9 Å². The van der Waals surface area contributed by atoms with Crippen LogP contribution in [0.25, 0.3) is 0 Å². The number of para-hydroxylation sites is 1. The van der Waals surface area contributed by atoms with Crippen molar-refractivity contribution in [1.29, 1.82) is 0 Å². The van der Waals surface area contributed by atoms with Gasteiger partial charge in [-0.3, -0.25) is 9.59 Å². The van der Waals surface area contributed by atoms with Crippen molar-refractivity contribution in [2.45, 2.75) is 6.92 Å². The molecule has 132 valence electrons. The van der Waals surface area contributed by atoms with Gasteiger partial charge in [-0.15, -0.1) is 0 Å². The minimum atomic E-state index is -0.424. The highest BCUT2D eigenvalue weighted by molar-refractivity contribution is 6.03. The van der Waals surface area contributed by atoms with E-state index in [1.54, 1.807) is 23.1 Å². The zero-order valence-electron chi connectivity index (χ0n) is 14.6. The monoisotopic (exact) mass is 342 g/mol. The Bertz CT molecular complexity index is 709. The Kier molecular flexibility index (Phi) is 6.39. The molecule has 2 rings (SSSR count). The molecule has 6 heteroatoms. The Morgan fingerprint density at radius 1 is 0.960 bits per heavy atom. The first-order valence-electron chi connectivity index (χ1n) is 7.97. The number of carbonyl (C=O) groups excluding carboxylic acids is 2. The first kappa shape index (κ1) is 18.3. The Hall–Kier alpha value is -3.02. The van der Waals surface area contributed by atoms with Crippen LogP contribution in [-0.2, 0) is 4.79 Å². The molecule has 0 atom stereocenters. The fourth-order valence-corrected chi connectivity index (χ4v) is 2.53. The number of nitrogens with one attached hydrogen (secondary N) is 1. The maximum atomic E-state index is 12.5. The summed E-state index contributed by atoms with van der Waals surface area (Å²) in [5.41, 5.74) is 1.06. The van der Waals surface area contributed by atoms with Crippen molar-refractivity contribution in [3.63, 3.8) is 0 Å². The van der Waals surface area contributed by atoms with E-state index in [1.807, 2.05) is 37.3 Å². The Morgan fingerprint density at radius 3 is 2.08 bits per heavy atom. The molecule has 1 N–H and O–H groups in total. The molecule has 0 heterocycles. The molecular weight excluding hydrogens is 320 g/mol. The Morgan fingerprint density at radius 2 is 1.56 bits per heavy atom. The lowest BCUT2D eigenvalue weighted by molar-refractivity contribution is -0.117. The van der Waals surface area contributed by atoms with Gasteiger partial charge in [0.1, 0.15) is 17.1 Å². The molecule has 0 saturated carbocycles. The number of benzene rings is 2. The molecule has 0 aliphatic carbocycles. The minimum absolute atomic E-state index is 0.122. The van der Waals surface area contributed by atoms with Gasteiger partial charge in [-0.25, -0.2) is 0 Å². The van der Waals surface area contributed by atoms with E-state index in [2.05, 4.69) is 5.32 Å². The van der Waals surface area contributed by atoms with Crippen molar-refractivity contribution in [3.05, 3.63) is 54.1 Å². The van der Waals surface area contributed by atoms with Crippen LogP contribution in [0.4, 0.5) is 5.69 Å². The molecule has 0 radical (unpaired) electrons. The van der Waals surface area contributed by atoms with E-state index in [-0.39, 0.29) is 18.0 Å². The van der Waals surface area contributed by atoms with Crippen molar-refractivity contribution >= 4 is 17.5 Å². The minimum Gasteiger partial charge on any atom is -0.496 e. The van der Waals surface area contributed by atoms with Crippen LogP contribution in [0, 0.1) is 0 Å². The van der Waals surface area contributed by atoms with Gasteiger partial charge in [0.15, 0.2) is 0 Å². The third kappa shape index (κ3) is 4.29. The number of ether oxygens (including phenoxy) is 2. The zero-order valence-corrected chi connectivity index (χ0v) is 14.6. The van der Waals surface area contributed by atoms with Crippen LogP contribution in [0.5, 0.6) is 11.5 Å². The van der Waals surface area contributed by atoms with Crippen LogP contribution in [0.2, 0.25) is 0 Å². The first-order valence-corrected chi connectivity index (χ1v) is 7.97. The quantitative estimate of drug-likeness (QED) is 0.839. The van der Waals surface area contributed by atoms with Gasteiger partial charge in [0, 0.05) is 12.2 Å². The summed E-state index contributed by atoms with van der Waals surface area (Å²) >= 11 is 0. The van der Waals surface area contributed by atoms with Crippen LogP contribution >= 0.6 is 0 Å². The van der Waals surface area contributed by atoms with Gasteiger partial charge < -0.3 is 19.7 Å². The Labute approximate surface area is 147 Å². The summed E-state index contributed by atoms with van der Waals surface area (Å²) in [6.07, 6.45) is 0. The van der Waals surface area contributed by atoms with E-state index in [9.17, 15) is 9.59 Å². The molecule has 0 aliphatic heterocycles. The summed E-state index contributed by atoms with van der Waals surface area (Å²) in [4.78, 5) is 26.6. The number of hydrogen-bond acceptors (Lipinski definition) is 4. The molecule has 2 aromatic rings. The van der Waals surface area contributed by atoms with Crippen LogP contribution in [0.1, 0.15) is 17.3 Å². The highest BCUT2D eigenvalue weighted by Crippen LogP contribution is 2.27. The molecule has 2 amide bonds. The van der Waals surface area contributed by atoms with Crippen LogP contribution in [0.3, 0.4) is 0 Å². The second kappa shape index (κ2) is 8.73. The van der Waals surface area contributed by atoms with E-state index in [0.29, 0.717) is 18.0 Å². The number of nitrogens with zero attached hydrogens (tertiary/aromatic N) is 1. The molecule has 6 nitrogen and oxygen atoms in total. The van der Waals surface area contributed by atoms with Gasteiger partial charge in [-0.05, 0) is 31.2 Å². The van der Waals surface area contributed by atoms with Crippen molar-refractivity contribution in [3.8, 4) is 11.5 Å². The van der Waals surface area contributed by atoms with Crippen LogP contribution in [0.15, 0.2) is 48.5 Å². The molecule has 0 fully saturated rings. The maximum absolute atomic E-state index is 12.5. The molecule has 0 bridgehead atoms. The van der Waals surface area contributed by atoms with Crippen LogP contribution < -0.4 is 19.7 Å². The number of amides is 2. The SMILES string of the molecule is CCN(C(=O)CNC(=O)c1c(OC)cccc1OC)c1ccccc1. The fourth-order valence-electron chi connectivity index (χ4n) is 2.53. The predicted octanol–water partition coefficient (Wildman–Crippen LogP) is 2.49. The van der Waals surface area contributed by atoms with Gasteiger partial charge in [-0.1, -0.05) is 24.3 Å². The summed E-state index contributed by atoms with van der Waals surface area (Å²) < 4.78 is 10.4. The predicted molar refractivity (Wildman–Crippen MR) is 96.3 cm³/mol. The number of anilines is 1.